The zero-order chi connectivity index (χ0) is 20.3. The minimum atomic E-state index is -0.575. The molecule has 0 aromatic carbocycles. The van der Waals surface area contributed by atoms with Gasteiger partial charge >= 0.3 is 5.97 Å². The predicted octanol–water partition coefficient (Wildman–Crippen LogP) is 4.50. The quantitative estimate of drug-likeness (QED) is 0.455. The van der Waals surface area contributed by atoms with Crippen LogP contribution in [0.25, 0.3) is 6.08 Å². The lowest BCUT2D eigenvalue weighted by Gasteiger charge is -2.18. The molecule has 0 saturated carbocycles. The number of nitrogens with zero attached hydrogens (tertiary/aromatic N) is 1. The molecule has 28 heavy (non-hydrogen) atoms. The Morgan fingerprint density at radius 1 is 1.46 bits per heavy atom. The van der Waals surface area contributed by atoms with E-state index in [0.717, 1.165) is 29.7 Å². The van der Waals surface area contributed by atoms with Crippen LogP contribution in [0.4, 0.5) is 5.00 Å². The summed E-state index contributed by atoms with van der Waals surface area (Å²) in [6.07, 6.45) is 4.03. The van der Waals surface area contributed by atoms with E-state index in [1.807, 2.05) is 6.07 Å². The van der Waals surface area contributed by atoms with Crippen molar-refractivity contribution in [2.45, 2.75) is 40.0 Å². The third kappa shape index (κ3) is 4.18. The van der Waals surface area contributed by atoms with Crippen LogP contribution in [0, 0.1) is 24.2 Å². The molecule has 0 unspecified atom stereocenters. The number of thiophene rings is 1. The van der Waals surface area contributed by atoms with Gasteiger partial charge in [-0.05, 0) is 56.7 Å². The van der Waals surface area contributed by atoms with E-state index in [0.29, 0.717) is 28.0 Å². The van der Waals surface area contributed by atoms with Crippen LogP contribution in [0.5, 0.6) is 0 Å². The molecule has 1 aliphatic carbocycles. The van der Waals surface area contributed by atoms with Crippen molar-refractivity contribution < 1.29 is 18.7 Å². The maximum atomic E-state index is 12.7. The van der Waals surface area contributed by atoms with Gasteiger partial charge in [-0.25, -0.2) is 4.79 Å². The van der Waals surface area contributed by atoms with Crippen LogP contribution in [-0.4, -0.2) is 18.5 Å². The van der Waals surface area contributed by atoms with Gasteiger partial charge in [-0.2, -0.15) is 5.26 Å². The van der Waals surface area contributed by atoms with Crippen LogP contribution in [0.2, 0.25) is 0 Å². The van der Waals surface area contributed by atoms with Gasteiger partial charge in [0.2, 0.25) is 0 Å². The van der Waals surface area contributed by atoms with Gasteiger partial charge in [-0.1, -0.05) is 6.92 Å². The molecule has 1 atom stereocenters. The zero-order valence-corrected chi connectivity index (χ0v) is 16.9. The number of aryl methyl sites for hydroxylation is 1. The molecule has 146 valence electrons. The highest BCUT2D eigenvalue weighted by Crippen LogP contribution is 2.40. The lowest BCUT2D eigenvalue weighted by Crippen LogP contribution is -2.17. The molecule has 0 bridgehead atoms. The molecular weight excluding hydrogens is 376 g/mol. The topological polar surface area (TPSA) is 92.3 Å². The van der Waals surface area contributed by atoms with Crippen molar-refractivity contribution in [2.24, 2.45) is 5.92 Å². The summed E-state index contributed by atoms with van der Waals surface area (Å²) >= 11 is 1.39. The van der Waals surface area contributed by atoms with E-state index < -0.39 is 11.9 Å². The van der Waals surface area contributed by atoms with Crippen molar-refractivity contribution in [2.75, 3.05) is 11.9 Å². The van der Waals surface area contributed by atoms with Gasteiger partial charge in [0.15, 0.2) is 0 Å². The number of nitriles is 1. The molecule has 0 saturated heterocycles. The zero-order valence-electron chi connectivity index (χ0n) is 16.1. The second-order valence-electron chi connectivity index (χ2n) is 6.85. The number of carbonyl (C=O) groups is 2. The molecule has 2 heterocycles. The van der Waals surface area contributed by atoms with Crippen molar-refractivity contribution in [1.29, 1.82) is 5.26 Å². The number of nitrogens with one attached hydrogen (secondary N) is 1. The smallest absolute Gasteiger partial charge is 0.341 e. The molecule has 2 aromatic heterocycles. The summed E-state index contributed by atoms with van der Waals surface area (Å²) in [5.41, 5.74) is 1.29. The van der Waals surface area contributed by atoms with E-state index >= 15 is 0 Å². The Kier molecular flexibility index (Phi) is 6.00. The normalized spacial score (nSPS) is 16.2. The average Bonchev–Trinajstić information content (AvgIpc) is 3.21. The van der Waals surface area contributed by atoms with Crippen molar-refractivity contribution in [3.63, 3.8) is 0 Å². The minimum Gasteiger partial charge on any atom is -0.462 e. The van der Waals surface area contributed by atoms with Crippen LogP contribution < -0.4 is 5.32 Å². The van der Waals surface area contributed by atoms with Gasteiger partial charge < -0.3 is 14.5 Å². The monoisotopic (exact) mass is 398 g/mol. The van der Waals surface area contributed by atoms with Gasteiger partial charge in [0.25, 0.3) is 5.91 Å². The van der Waals surface area contributed by atoms with Crippen molar-refractivity contribution >= 4 is 34.3 Å². The Morgan fingerprint density at radius 3 is 2.89 bits per heavy atom. The number of furan rings is 1. The second kappa shape index (κ2) is 8.44. The molecule has 7 heteroatoms. The van der Waals surface area contributed by atoms with Crippen molar-refractivity contribution in [3.8, 4) is 6.07 Å². The number of carbonyl (C=O) groups excluding carboxylic acids is 2. The third-order valence-corrected chi connectivity index (χ3v) is 5.80. The predicted molar refractivity (Wildman–Crippen MR) is 107 cm³/mol. The van der Waals surface area contributed by atoms with Gasteiger partial charge in [-0.3, -0.25) is 4.79 Å². The summed E-state index contributed by atoms with van der Waals surface area (Å²) < 4.78 is 10.6. The fraction of sp³-hybridized carbons (Fsp3) is 0.381. The first-order valence-electron chi connectivity index (χ1n) is 9.24. The van der Waals surface area contributed by atoms with E-state index in [2.05, 4.69) is 12.2 Å². The standard InChI is InChI=1S/C21H22N2O4S/c1-4-26-21(25)18-16-8-5-12(2)9-17(16)28-20(18)23-19(24)14(11-22)10-15-7-6-13(3)27-15/h6-7,10,12H,4-5,8-9H2,1-3H3,(H,23,24)/b14-10+/t12-/m0/s1. The summed E-state index contributed by atoms with van der Waals surface area (Å²) in [4.78, 5) is 26.3. The lowest BCUT2D eigenvalue weighted by atomic mass is 9.88. The van der Waals surface area contributed by atoms with E-state index in [1.54, 1.807) is 26.0 Å². The first-order valence-corrected chi connectivity index (χ1v) is 10.1. The van der Waals surface area contributed by atoms with Crippen molar-refractivity contribution in [1.82, 2.24) is 0 Å². The SMILES string of the molecule is CCOC(=O)c1c(NC(=O)/C(C#N)=C/c2ccc(C)o2)sc2c1CC[C@H](C)C2. The third-order valence-electron chi connectivity index (χ3n) is 4.63. The van der Waals surface area contributed by atoms with Gasteiger partial charge in [-0.15, -0.1) is 11.3 Å². The maximum Gasteiger partial charge on any atom is 0.341 e. The number of esters is 1. The Balaban J connectivity index is 1.92. The fourth-order valence-electron chi connectivity index (χ4n) is 3.25. The van der Waals surface area contributed by atoms with Gasteiger partial charge in [0, 0.05) is 11.0 Å². The van der Waals surface area contributed by atoms with Crippen LogP contribution in [0.3, 0.4) is 0 Å². The number of rotatable bonds is 5. The summed E-state index contributed by atoms with van der Waals surface area (Å²) in [6.45, 7) is 5.96. The first-order chi connectivity index (χ1) is 13.4. The molecule has 1 aliphatic rings. The van der Waals surface area contributed by atoms with Gasteiger partial charge in [0.1, 0.15) is 28.2 Å². The van der Waals surface area contributed by atoms with Crippen LogP contribution >= 0.6 is 11.3 Å². The largest absolute Gasteiger partial charge is 0.462 e. The number of ether oxygens (including phenoxy) is 1. The van der Waals surface area contributed by atoms with E-state index in [4.69, 9.17) is 9.15 Å². The molecule has 1 amide bonds. The highest BCUT2D eigenvalue weighted by Gasteiger charge is 2.29. The Morgan fingerprint density at radius 2 is 2.25 bits per heavy atom. The fourth-order valence-corrected chi connectivity index (χ4v) is 4.64. The molecule has 0 aliphatic heterocycles. The van der Waals surface area contributed by atoms with Gasteiger partial charge in [0.05, 0.1) is 12.2 Å². The van der Waals surface area contributed by atoms with Crippen LogP contribution in [0.15, 0.2) is 22.1 Å². The number of anilines is 1. The number of amides is 1. The molecule has 6 nitrogen and oxygen atoms in total. The van der Waals surface area contributed by atoms with Crippen LogP contribution in [0.1, 0.15) is 52.6 Å². The number of fused-ring (bicyclic) bond motifs is 1. The molecule has 0 radical (unpaired) electrons. The molecule has 1 N–H and O–H groups in total. The highest BCUT2D eigenvalue weighted by molar-refractivity contribution is 7.17. The Hall–Kier alpha value is -2.85. The molecule has 0 fully saturated rings. The van der Waals surface area contributed by atoms with E-state index in [-0.39, 0.29) is 12.2 Å². The number of hydrogen-bond donors (Lipinski definition) is 1. The lowest BCUT2D eigenvalue weighted by molar-refractivity contribution is -0.112. The molecule has 3 rings (SSSR count). The summed E-state index contributed by atoms with van der Waals surface area (Å²) in [6, 6.07) is 5.35. The summed E-state index contributed by atoms with van der Waals surface area (Å²) in [5.74, 6) is 0.631. The van der Waals surface area contributed by atoms with Crippen molar-refractivity contribution in [3.05, 3.63) is 45.2 Å². The minimum absolute atomic E-state index is 0.0936. The molecular formula is C21H22N2O4S. The first kappa shape index (κ1) is 19.9. The Bertz CT molecular complexity index is 977. The second-order valence-corrected chi connectivity index (χ2v) is 7.95. The van der Waals surface area contributed by atoms with E-state index in [1.165, 1.54) is 17.4 Å². The number of hydrogen-bond acceptors (Lipinski definition) is 6. The highest BCUT2D eigenvalue weighted by atomic mass is 32.1. The van der Waals surface area contributed by atoms with Crippen LogP contribution in [-0.2, 0) is 22.4 Å². The summed E-state index contributed by atoms with van der Waals surface area (Å²) in [7, 11) is 0. The van der Waals surface area contributed by atoms with E-state index in [9.17, 15) is 14.9 Å². The molecule has 0 spiro atoms. The average molecular weight is 398 g/mol. The Labute approximate surface area is 167 Å². The summed E-state index contributed by atoms with van der Waals surface area (Å²) in [5, 5.41) is 12.6. The maximum absolute atomic E-state index is 12.7. The molecule has 2 aromatic rings.